The zero-order valence-electron chi connectivity index (χ0n) is 14.4. The lowest BCUT2D eigenvalue weighted by Gasteiger charge is -2.19. The van der Waals surface area contributed by atoms with Crippen LogP contribution in [0.5, 0.6) is 0 Å². The van der Waals surface area contributed by atoms with Crippen LogP contribution in [0, 0.1) is 0 Å². The molecule has 0 aliphatic carbocycles. The quantitative estimate of drug-likeness (QED) is 0.641. The Hall–Kier alpha value is -1.68. The van der Waals surface area contributed by atoms with Crippen molar-refractivity contribution in [3.63, 3.8) is 0 Å². The summed E-state index contributed by atoms with van der Waals surface area (Å²) in [5.41, 5.74) is 3.70. The number of rotatable bonds is 9. The van der Waals surface area contributed by atoms with Crippen LogP contribution in [-0.2, 0) is 22.6 Å². The van der Waals surface area contributed by atoms with E-state index in [-0.39, 0.29) is 6.29 Å². The third kappa shape index (κ3) is 5.79. The molecule has 0 fully saturated rings. The molecule has 0 bridgehead atoms. The molecular weight excluding hydrogens is 286 g/mol. The van der Waals surface area contributed by atoms with Crippen molar-refractivity contribution in [3.05, 3.63) is 71.3 Å². The van der Waals surface area contributed by atoms with Crippen LogP contribution in [0.3, 0.4) is 0 Å². The fourth-order valence-corrected chi connectivity index (χ4v) is 2.59. The fraction of sp³-hybridized carbons (Fsp3) is 0.400. The highest BCUT2D eigenvalue weighted by molar-refractivity contribution is 5.23. The van der Waals surface area contributed by atoms with Gasteiger partial charge in [-0.2, -0.15) is 0 Å². The molecule has 0 atom stereocenters. The van der Waals surface area contributed by atoms with E-state index in [9.17, 15) is 0 Å². The summed E-state index contributed by atoms with van der Waals surface area (Å²) in [7, 11) is 2.14. The van der Waals surface area contributed by atoms with Gasteiger partial charge >= 0.3 is 0 Å². The van der Waals surface area contributed by atoms with Crippen molar-refractivity contribution >= 4 is 0 Å². The van der Waals surface area contributed by atoms with Gasteiger partial charge in [0, 0.05) is 31.9 Å². The Kier molecular flexibility index (Phi) is 7.27. The summed E-state index contributed by atoms with van der Waals surface area (Å²) in [6, 6.07) is 19.0. The Morgan fingerprint density at radius 2 is 1.30 bits per heavy atom. The van der Waals surface area contributed by atoms with Gasteiger partial charge in [-0.25, -0.2) is 0 Å². The zero-order valence-corrected chi connectivity index (χ0v) is 14.4. The van der Waals surface area contributed by atoms with Crippen LogP contribution in [0.2, 0.25) is 0 Å². The minimum Gasteiger partial charge on any atom is -0.349 e. The van der Waals surface area contributed by atoms with Gasteiger partial charge in [0.05, 0.1) is 0 Å². The summed E-state index contributed by atoms with van der Waals surface area (Å²) in [5, 5.41) is 0. The van der Waals surface area contributed by atoms with Crippen molar-refractivity contribution in [1.29, 1.82) is 0 Å². The van der Waals surface area contributed by atoms with Gasteiger partial charge in [0.15, 0.2) is 6.29 Å². The van der Waals surface area contributed by atoms with Crippen molar-refractivity contribution in [2.45, 2.75) is 33.2 Å². The van der Waals surface area contributed by atoms with Crippen molar-refractivity contribution in [2.75, 3.05) is 20.3 Å². The van der Waals surface area contributed by atoms with E-state index in [1.165, 1.54) is 11.1 Å². The molecule has 124 valence electrons. The van der Waals surface area contributed by atoms with Crippen LogP contribution < -0.4 is 0 Å². The normalized spacial score (nSPS) is 11.3. The molecule has 0 amide bonds. The largest absolute Gasteiger partial charge is 0.349 e. The average Bonchev–Trinajstić information content (AvgIpc) is 2.56. The molecule has 0 aliphatic rings. The highest BCUT2D eigenvalue weighted by Crippen LogP contribution is 2.20. The lowest BCUT2D eigenvalue weighted by molar-refractivity contribution is -0.140. The first-order chi connectivity index (χ1) is 11.2. The Balaban J connectivity index is 1.93. The predicted molar refractivity (Wildman–Crippen MR) is 94.0 cm³/mol. The standard InChI is InChI=1S/C20H27NO2/c1-4-22-20(23-5-2)19-13-11-18(12-14-19)16-21(3)15-17-9-7-6-8-10-17/h6-14,20H,4-5,15-16H2,1-3H3. The molecule has 3 heteroatoms. The van der Waals surface area contributed by atoms with Crippen molar-refractivity contribution in [2.24, 2.45) is 0 Å². The van der Waals surface area contributed by atoms with Crippen LogP contribution >= 0.6 is 0 Å². The van der Waals surface area contributed by atoms with E-state index < -0.39 is 0 Å². The zero-order chi connectivity index (χ0) is 16.5. The van der Waals surface area contributed by atoms with Gasteiger partial charge in [0.25, 0.3) is 0 Å². The smallest absolute Gasteiger partial charge is 0.183 e. The summed E-state index contributed by atoms with van der Waals surface area (Å²) in [5.74, 6) is 0. The van der Waals surface area contributed by atoms with E-state index in [4.69, 9.17) is 9.47 Å². The molecule has 0 radical (unpaired) electrons. The summed E-state index contributed by atoms with van der Waals surface area (Å²) < 4.78 is 11.3. The Labute approximate surface area is 139 Å². The molecule has 2 aromatic carbocycles. The Morgan fingerprint density at radius 1 is 0.783 bits per heavy atom. The van der Waals surface area contributed by atoms with Gasteiger partial charge in [-0.1, -0.05) is 54.6 Å². The van der Waals surface area contributed by atoms with Crippen molar-refractivity contribution in [3.8, 4) is 0 Å². The molecule has 23 heavy (non-hydrogen) atoms. The van der Waals surface area contributed by atoms with Crippen molar-refractivity contribution in [1.82, 2.24) is 4.90 Å². The Morgan fingerprint density at radius 3 is 1.83 bits per heavy atom. The fourth-order valence-electron chi connectivity index (χ4n) is 2.59. The maximum atomic E-state index is 5.64. The molecule has 0 aromatic heterocycles. The minimum atomic E-state index is -0.263. The van der Waals surface area contributed by atoms with E-state index in [0.29, 0.717) is 13.2 Å². The van der Waals surface area contributed by atoms with Gasteiger partial charge in [-0.15, -0.1) is 0 Å². The maximum Gasteiger partial charge on any atom is 0.183 e. The van der Waals surface area contributed by atoms with Gasteiger partial charge in [0.1, 0.15) is 0 Å². The number of benzene rings is 2. The maximum absolute atomic E-state index is 5.64. The lowest BCUT2D eigenvalue weighted by atomic mass is 10.1. The summed E-state index contributed by atoms with van der Waals surface area (Å²) in [6.07, 6.45) is -0.263. The minimum absolute atomic E-state index is 0.263. The average molecular weight is 313 g/mol. The highest BCUT2D eigenvalue weighted by Gasteiger charge is 2.11. The highest BCUT2D eigenvalue weighted by atomic mass is 16.7. The predicted octanol–water partition coefficient (Wildman–Crippen LogP) is 4.39. The van der Waals surface area contributed by atoms with E-state index in [2.05, 4.69) is 66.5 Å². The van der Waals surface area contributed by atoms with Crippen LogP contribution in [-0.4, -0.2) is 25.2 Å². The molecule has 0 unspecified atom stereocenters. The van der Waals surface area contributed by atoms with E-state index in [0.717, 1.165) is 18.7 Å². The van der Waals surface area contributed by atoms with E-state index in [1.54, 1.807) is 0 Å². The van der Waals surface area contributed by atoms with E-state index in [1.807, 2.05) is 13.8 Å². The van der Waals surface area contributed by atoms with Crippen LogP contribution in [0.15, 0.2) is 54.6 Å². The molecule has 3 nitrogen and oxygen atoms in total. The number of hydrogen-bond acceptors (Lipinski definition) is 3. The number of nitrogens with zero attached hydrogens (tertiary/aromatic N) is 1. The van der Waals surface area contributed by atoms with Crippen LogP contribution in [0.25, 0.3) is 0 Å². The molecule has 0 spiro atoms. The summed E-state index contributed by atoms with van der Waals surface area (Å²) in [4.78, 5) is 2.31. The summed E-state index contributed by atoms with van der Waals surface area (Å²) in [6.45, 7) is 7.13. The second-order valence-corrected chi connectivity index (χ2v) is 5.64. The van der Waals surface area contributed by atoms with Gasteiger partial charge < -0.3 is 9.47 Å². The molecule has 0 saturated heterocycles. The SMILES string of the molecule is CCOC(OCC)c1ccc(CN(C)Cc2ccccc2)cc1. The second kappa shape index (κ2) is 9.46. The number of hydrogen-bond donors (Lipinski definition) is 0. The number of ether oxygens (including phenoxy) is 2. The first kappa shape index (κ1) is 17.7. The van der Waals surface area contributed by atoms with Crippen molar-refractivity contribution < 1.29 is 9.47 Å². The van der Waals surface area contributed by atoms with Crippen LogP contribution in [0.4, 0.5) is 0 Å². The van der Waals surface area contributed by atoms with E-state index >= 15 is 0 Å². The topological polar surface area (TPSA) is 21.7 Å². The molecule has 0 heterocycles. The van der Waals surface area contributed by atoms with Gasteiger partial charge in [-0.05, 0) is 32.0 Å². The lowest BCUT2D eigenvalue weighted by Crippen LogP contribution is -2.17. The van der Waals surface area contributed by atoms with Gasteiger partial charge in [-0.3, -0.25) is 4.90 Å². The third-order valence-corrected chi connectivity index (χ3v) is 3.64. The first-order valence-electron chi connectivity index (χ1n) is 8.27. The molecular formula is C20H27NO2. The second-order valence-electron chi connectivity index (χ2n) is 5.64. The van der Waals surface area contributed by atoms with Crippen LogP contribution in [0.1, 0.15) is 36.8 Å². The summed E-state index contributed by atoms with van der Waals surface area (Å²) >= 11 is 0. The first-order valence-corrected chi connectivity index (χ1v) is 8.27. The monoisotopic (exact) mass is 313 g/mol. The molecule has 0 aliphatic heterocycles. The molecule has 2 aromatic rings. The molecule has 0 saturated carbocycles. The Bertz CT molecular complexity index is 548. The third-order valence-electron chi connectivity index (χ3n) is 3.64. The molecule has 0 N–H and O–H groups in total. The molecule has 2 rings (SSSR count). The van der Waals surface area contributed by atoms with Gasteiger partial charge in [0.2, 0.25) is 0 Å².